The number of hydrogen-bond donors (Lipinski definition) is 2. The number of nitrogens with one attached hydrogen (secondary N) is 2. The van der Waals surface area contributed by atoms with Crippen molar-refractivity contribution in [1.29, 1.82) is 0 Å². The van der Waals surface area contributed by atoms with Crippen LogP contribution in [0.2, 0.25) is 0 Å². The summed E-state index contributed by atoms with van der Waals surface area (Å²) in [5.74, 6) is -0.287. The number of carbonyl (C=O) groups excluding carboxylic acids is 2. The summed E-state index contributed by atoms with van der Waals surface area (Å²) >= 11 is 10.1. The van der Waals surface area contributed by atoms with Crippen molar-refractivity contribution in [3.8, 4) is 0 Å². The lowest BCUT2D eigenvalue weighted by Crippen LogP contribution is -2.49. The van der Waals surface area contributed by atoms with Gasteiger partial charge in [-0.05, 0) is 19.3 Å². The SMILES string of the molecule is CC(C)C(Br)C(=O)NNC(=O)C1(C)CC1(Br)Br. The molecule has 7 heteroatoms. The van der Waals surface area contributed by atoms with Crippen LogP contribution in [0.3, 0.4) is 0 Å². The number of amides is 2. The highest BCUT2D eigenvalue weighted by molar-refractivity contribution is 9.25. The van der Waals surface area contributed by atoms with E-state index in [1.165, 1.54) is 0 Å². The Bertz CT molecular complexity index is 346. The number of carbonyl (C=O) groups is 2. The first-order valence-corrected chi connectivity index (χ1v) is 7.74. The first kappa shape index (κ1) is 15.4. The molecular formula is C10H15Br3N2O2. The molecular weight excluding hydrogens is 420 g/mol. The van der Waals surface area contributed by atoms with Gasteiger partial charge in [-0.15, -0.1) is 0 Å². The molecule has 0 radical (unpaired) electrons. The minimum atomic E-state index is -0.528. The van der Waals surface area contributed by atoms with Gasteiger partial charge in [-0.25, -0.2) is 0 Å². The predicted octanol–water partition coefficient (Wildman–Crippen LogP) is 2.45. The molecule has 2 atom stereocenters. The average molecular weight is 435 g/mol. The molecule has 2 unspecified atom stereocenters. The zero-order valence-electron chi connectivity index (χ0n) is 9.81. The number of alkyl halides is 3. The van der Waals surface area contributed by atoms with Crippen molar-refractivity contribution in [3.63, 3.8) is 0 Å². The van der Waals surface area contributed by atoms with E-state index in [9.17, 15) is 9.59 Å². The molecule has 0 saturated heterocycles. The molecule has 0 bridgehead atoms. The molecule has 0 heterocycles. The molecule has 0 aromatic heterocycles. The normalized spacial score (nSPS) is 27.5. The third kappa shape index (κ3) is 3.23. The van der Waals surface area contributed by atoms with Gasteiger partial charge in [0, 0.05) is 0 Å². The summed E-state index contributed by atoms with van der Waals surface area (Å²) in [4.78, 5) is 23.1. The molecule has 0 spiro atoms. The fourth-order valence-corrected chi connectivity index (χ4v) is 2.87. The zero-order valence-corrected chi connectivity index (χ0v) is 14.6. The van der Waals surface area contributed by atoms with E-state index in [1.807, 2.05) is 20.8 Å². The number of hydrazine groups is 1. The summed E-state index contributed by atoms with van der Waals surface area (Å²) in [5.41, 5.74) is 4.34. The third-order valence-corrected chi connectivity index (χ3v) is 6.68. The van der Waals surface area contributed by atoms with Crippen LogP contribution >= 0.6 is 47.8 Å². The lowest BCUT2D eigenvalue weighted by molar-refractivity contribution is -0.131. The minimum Gasteiger partial charge on any atom is -0.273 e. The second-order valence-electron chi connectivity index (χ2n) is 4.80. The standard InChI is InChI=1S/C10H15Br3N2O2/c1-5(2)6(11)7(16)14-15-8(17)9(3)4-10(9,12)13/h5-6H,4H2,1-3H3,(H,14,16)(H,15,17). The van der Waals surface area contributed by atoms with E-state index in [1.54, 1.807) is 0 Å². The molecule has 1 saturated carbocycles. The van der Waals surface area contributed by atoms with Crippen molar-refractivity contribution in [1.82, 2.24) is 10.9 Å². The van der Waals surface area contributed by atoms with Crippen LogP contribution in [0.4, 0.5) is 0 Å². The van der Waals surface area contributed by atoms with E-state index in [0.717, 1.165) is 0 Å². The van der Waals surface area contributed by atoms with Gasteiger partial charge in [-0.2, -0.15) is 0 Å². The van der Waals surface area contributed by atoms with Crippen LogP contribution in [0.25, 0.3) is 0 Å². The number of halogens is 3. The van der Waals surface area contributed by atoms with Crippen molar-refractivity contribution in [2.75, 3.05) is 0 Å². The highest BCUT2D eigenvalue weighted by Gasteiger charge is 2.66. The second kappa shape index (κ2) is 5.17. The predicted molar refractivity (Wildman–Crippen MR) is 77.1 cm³/mol. The Labute approximate surface area is 126 Å². The summed E-state index contributed by atoms with van der Waals surface area (Å²) in [5, 5.41) is 0. The van der Waals surface area contributed by atoms with Crippen LogP contribution in [-0.4, -0.2) is 19.9 Å². The van der Waals surface area contributed by atoms with Crippen LogP contribution in [0.15, 0.2) is 0 Å². The number of hydrogen-bond acceptors (Lipinski definition) is 2. The molecule has 1 aliphatic carbocycles. The largest absolute Gasteiger partial charge is 0.273 e. The first-order chi connectivity index (χ1) is 7.62. The fourth-order valence-electron chi connectivity index (χ4n) is 1.27. The van der Waals surface area contributed by atoms with Gasteiger partial charge in [-0.3, -0.25) is 20.4 Å². The highest BCUT2D eigenvalue weighted by Crippen LogP contribution is 2.66. The molecule has 1 rings (SSSR count). The van der Waals surface area contributed by atoms with Gasteiger partial charge in [0.25, 0.3) is 5.91 Å². The molecule has 2 amide bonds. The Morgan fingerprint density at radius 2 is 1.71 bits per heavy atom. The Morgan fingerprint density at radius 3 is 2.06 bits per heavy atom. The first-order valence-electron chi connectivity index (χ1n) is 5.24. The maximum atomic E-state index is 11.8. The molecule has 0 aliphatic heterocycles. The molecule has 17 heavy (non-hydrogen) atoms. The summed E-state index contributed by atoms with van der Waals surface area (Å²) in [6.07, 6.45) is 0.684. The molecule has 0 aromatic carbocycles. The molecule has 0 aromatic rings. The van der Waals surface area contributed by atoms with Crippen LogP contribution in [-0.2, 0) is 9.59 Å². The minimum absolute atomic E-state index is 0.162. The number of rotatable bonds is 3. The maximum absolute atomic E-state index is 11.8. The fraction of sp³-hybridized carbons (Fsp3) is 0.800. The van der Waals surface area contributed by atoms with Gasteiger partial charge in [0.2, 0.25) is 5.91 Å². The maximum Gasteiger partial charge on any atom is 0.252 e. The average Bonchev–Trinajstić information content (AvgIpc) is 2.74. The second-order valence-corrected chi connectivity index (χ2v) is 9.56. The monoisotopic (exact) mass is 432 g/mol. The van der Waals surface area contributed by atoms with Gasteiger partial charge in [0.05, 0.1) is 13.5 Å². The molecule has 1 fully saturated rings. The van der Waals surface area contributed by atoms with E-state index >= 15 is 0 Å². The van der Waals surface area contributed by atoms with Gasteiger partial charge in [-0.1, -0.05) is 61.6 Å². The molecule has 98 valence electrons. The van der Waals surface area contributed by atoms with Gasteiger partial charge in [0.1, 0.15) is 0 Å². The van der Waals surface area contributed by atoms with Crippen LogP contribution in [0.5, 0.6) is 0 Å². The highest BCUT2D eigenvalue weighted by atomic mass is 79.9. The topological polar surface area (TPSA) is 58.2 Å². The summed E-state index contributed by atoms with van der Waals surface area (Å²) in [6.45, 7) is 5.67. The quantitative estimate of drug-likeness (QED) is 0.529. The van der Waals surface area contributed by atoms with Crippen molar-refractivity contribution in [3.05, 3.63) is 0 Å². The van der Waals surface area contributed by atoms with Gasteiger partial charge in [0.15, 0.2) is 0 Å². The van der Waals surface area contributed by atoms with Gasteiger partial charge >= 0.3 is 0 Å². The molecule has 1 aliphatic rings. The van der Waals surface area contributed by atoms with E-state index in [2.05, 4.69) is 58.6 Å². The van der Waals surface area contributed by atoms with Crippen LogP contribution in [0, 0.1) is 11.3 Å². The molecule has 2 N–H and O–H groups in total. The third-order valence-electron chi connectivity index (χ3n) is 2.89. The van der Waals surface area contributed by atoms with Crippen LogP contribution < -0.4 is 10.9 Å². The van der Waals surface area contributed by atoms with E-state index < -0.39 is 5.41 Å². The summed E-state index contributed by atoms with van der Waals surface area (Å²) in [7, 11) is 0. The van der Waals surface area contributed by atoms with E-state index in [-0.39, 0.29) is 25.8 Å². The van der Waals surface area contributed by atoms with Gasteiger partial charge < -0.3 is 0 Å². The summed E-state index contributed by atoms with van der Waals surface area (Å²) in [6, 6.07) is 0. The Hall–Kier alpha value is 0.380. The smallest absolute Gasteiger partial charge is 0.252 e. The Kier molecular flexibility index (Phi) is 4.69. The van der Waals surface area contributed by atoms with E-state index in [4.69, 9.17) is 0 Å². The lowest BCUT2D eigenvalue weighted by atomic mass is 10.1. The Morgan fingerprint density at radius 1 is 1.24 bits per heavy atom. The zero-order chi connectivity index (χ0) is 13.4. The molecule has 4 nitrogen and oxygen atoms in total. The Balaban J connectivity index is 2.43. The van der Waals surface area contributed by atoms with E-state index in [0.29, 0.717) is 6.42 Å². The van der Waals surface area contributed by atoms with Crippen molar-refractivity contribution >= 4 is 59.6 Å². The summed E-state index contributed by atoms with van der Waals surface area (Å²) < 4.78 is -0.354. The van der Waals surface area contributed by atoms with Crippen molar-refractivity contribution in [2.24, 2.45) is 11.3 Å². The van der Waals surface area contributed by atoms with Crippen molar-refractivity contribution < 1.29 is 9.59 Å². The van der Waals surface area contributed by atoms with Crippen molar-refractivity contribution in [2.45, 2.75) is 35.3 Å². The van der Waals surface area contributed by atoms with Crippen LogP contribution in [0.1, 0.15) is 27.2 Å². The lowest BCUT2D eigenvalue weighted by Gasteiger charge is -2.17.